The molecule has 7 nitrogen and oxygen atoms in total. The first-order chi connectivity index (χ1) is 9.47. The van der Waals surface area contributed by atoms with Crippen LogP contribution in [0.25, 0.3) is 0 Å². The highest BCUT2D eigenvalue weighted by molar-refractivity contribution is 7.09. The molecule has 1 aromatic carbocycles. The lowest BCUT2D eigenvalue weighted by Crippen LogP contribution is -2.02. The van der Waals surface area contributed by atoms with Gasteiger partial charge in [-0.05, 0) is 19.1 Å². The van der Waals surface area contributed by atoms with Crippen LogP contribution in [0, 0.1) is 17.0 Å². The van der Waals surface area contributed by atoms with Gasteiger partial charge in [0.1, 0.15) is 6.61 Å². The Balaban J connectivity index is 2.22. The minimum absolute atomic E-state index is 0.0191. The Bertz CT molecular complexity index is 668. The number of aromatic carboxylic acids is 1. The number of nitro groups is 1. The second-order valence-corrected chi connectivity index (χ2v) is 4.95. The average Bonchev–Trinajstić information content (AvgIpc) is 2.81. The molecule has 8 heteroatoms. The molecule has 1 aromatic heterocycles. The van der Waals surface area contributed by atoms with E-state index in [1.54, 1.807) is 5.38 Å². The molecule has 2 rings (SSSR count). The summed E-state index contributed by atoms with van der Waals surface area (Å²) >= 11 is 1.45. The van der Waals surface area contributed by atoms with E-state index in [1.165, 1.54) is 23.5 Å². The molecule has 0 spiro atoms. The molecule has 1 heterocycles. The second kappa shape index (κ2) is 5.66. The molecule has 0 unspecified atom stereocenters. The first-order valence-corrected chi connectivity index (χ1v) is 6.41. The molecule has 1 N–H and O–H groups in total. The summed E-state index contributed by atoms with van der Waals surface area (Å²) < 4.78 is 5.34. The van der Waals surface area contributed by atoms with Gasteiger partial charge in [0.25, 0.3) is 0 Å². The number of aryl methyl sites for hydroxylation is 1. The van der Waals surface area contributed by atoms with Crippen molar-refractivity contribution in [1.82, 2.24) is 4.98 Å². The molecule has 0 aliphatic rings. The minimum atomic E-state index is -1.23. The number of carbonyl (C=O) groups is 1. The fourth-order valence-corrected chi connectivity index (χ4v) is 2.14. The molecule has 0 atom stereocenters. The molecule has 0 radical (unpaired) electrons. The van der Waals surface area contributed by atoms with Gasteiger partial charge in [0.15, 0.2) is 5.75 Å². The molecule has 0 fully saturated rings. The number of nitro benzene ring substituents is 1. The van der Waals surface area contributed by atoms with Gasteiger partial charge in [0.05, 0.1) is 21.2 Å². The SMILES string of the molecule is Cc1nc(COc2ccc(C(=O)O)cc2[N+](=O)[O-])cs1. The minimum Gasteiger partial charge on any atom is -0.480 e. The van der Waals surface area contributed by atoms with Crippen LogP contribution in [0.1, 0.15) is 21.1 Å². The van der Waals surface area contributed by atoms with Crippen molar-refractivity contribution in [3.63, 3.8) is 0 Å². The number of ether oxygens (including phenoxy) is 1. The predicted molar refractivity (Wildman–Crippen MR) is 71.2 cm³/mol. The fourth-order valence-electron chi connectivity index (χ4n) is 1.54. The monoisotopic (exact) mass is 294 g/mol. The third kappa shape index (κ3) is 3.09. The standard InChI is InChI=1S/C12H10N2O5S/c1-7-13-9(6-20-7)5-19-11-3-2-8(12(15)16)4-10(11)14(17)18/h2-4,6H,5H2,1H3,(H,15,16). The van der Waals surface area contributed by atoms with Crippen molar-refractivity contribution in [3.05, 3.63) is 50.0 Å². The van der Waals surface area contributed by atoms with Gasteiger partial charge in [0, 0.05) is 11.4 Å². The topological polar surface area (TPSA) is 103 Å². The van der Waals surface area contributed by atoms with Crippen molar-refractivity contribution in [2.75, 3.05) is 0 Å². The van der Waals surface area contributed by atoms with Crippen molar-refractivity contribution in [2.24, 2.45) is 0 Å². The summed E-state index contributed by atoms with van der Waals surface area (Å²) in [5.74, 6) is -1.21. The highest BCUT2D eigenvalue weighted by Crippen LogP contribution is 2.28. The van der Waals surface area contributed by atoms with Crippen molar-refractivity contribution in [2.45, 2.75) is 13.5 Å². The third-order valence-corrected chi connectivity index (χ3v) is 3.27. The van der Waals surface area contributed by atoms with E-state index in [9.17, 15) is 14.9 Å². The zero-order chi connectivity index (χ0) is 14.7. The van der Waals surface area contributed by atoms with Gasteiger partial charge in [0.2, 0.25) is 0 Å². The maximum atomic E-state index is 10.9. The fraction of sp³-hybridized carbons (Fsp3) is 0.167. The van der Waals surface area contributed by atoms with E-state index >= 15 is 0 Å². The van der Waals surface area contributed by atoms with Crippen LogP contribution in [-0.2, 0) is 6.61 Å². The van der Waals surface area contributed by atoms with E-state index < -0.39 is 10.9 Å². The lowest BCUT2D eigenvalue weighted by Gasteiger charge is -2.05. The van der Waals surface area contributed by atoms with Crippen molar-refractivity contribution in [3.8, 4) is 5.75 Å². The zero-order valence-electron chi connectivity index (χ0n) is 10.4. The lowest BCUT2D eigenvalue weighted by molar-refractivity contribution is -0.386. The van der Waals surface area contributed by atoms with Crippen molar-refractivity contribution in [1.29, 1.82) is 0 Å². The lowest BCUT2D eigenvalue weighted by atomic mass is 10.2. The number of nitrogens with zero attached hydrogens (tertiary/aromatic N) is 2. The Morgan fingerprint density at radius 3 is 2.85 bits per heavy atom. The molecule has 0 saturated heterocycles. The Kier molecular flexibility index (Phi) is 3.94. The summed E-state index contributed by atoms with van der Waals surface area (Å²) in [6, 6.07) is 3.52. The van der Waals surface area contributed by atoms with Crippen molar-refractivity contribution >= 4 is 23.0 Å². The highest BCUT2D eigenvalue weighted by atomic mass is 32.1. The van der Waals surface area contributed by atoms with E-state index in [1.807, 2.05) is 6.92 Å². The Labute approximate surface area is 117 Å². The number of hydrogen-bond acceptors (Lipinski definition) is 6. The van der Waals surface area contributed by atoms with E-state index in [-0.39, 0.29) is 23.6 Å². The van der Waals surface area contributed by atoms with Gasteiger partial charge in [-0.15, -0.1) is 11.3 Å². The van der Waals surface area contributed by atoms with Gasteiger partial charge in [-0.25, -0.2) is 9.78 Å². The number of carboxylic acids is 1. The van der Waals surface area contributed by atoms with Crippen LogP contribution in [0.5, 0.6) is 5.75 Å². The maximum absolute atomic E-state index is 10.9. The molecule has 104 valence electrons. The molecule has 0 amide bonds. The van der Waals surface area contributed by atoms with Crippen LogP contribution >= 0.6 is 11.3 Å². The van der Waals surface area contributed by atoms with E-state index in [0.29, 0.717) is 5.69 Å². The number of hydrogen-bond donors (Lipinski definition) is 1. The van der Waals surface area contributed by atoms with Gasteiger partial charge in [-0.2, -0.15) is 0 Å². The number of rotatable bonds is 5. The highest BCUT2D eigenvalue weighted by Gasteiger charge is 2.18. The quantitative estimate of drug-likeness (QED) is 0.671. The smallest absolute Gasteiger partial charge is 0.335 e. The predicted octanol–water partition coefficient (Wildman–Crippen LogP) is 2.64. The van der Waals surface area contributed by atoms with Crippen LogP contribution in [0.2, 0.25) is 0 Å². The summed E-state index contributed by atoms with van der Waals surface area (Å²) in [5, 5.41) is 22.4. The van der Waals surface area contributed by atoms with Crippen LogP contribution in [0.4, 0.5) is 5.69 Å². The summed E-state index contributed by atoms with van der Waals surface area (Å²) in [4.78, 5) is 25.2. The van der Waals surface area contributed by atoms with E-state index in [0.717, 1.165) is 11.1 Å². The summed E-state index contributed by atoms with van der Waals surface area (Å²) in [6.45, 7) is 1.94. The number of benzene rings is 1. The van der Waals surface area contributed by atoms with Gasteiger partial charge in [-0.1, -0.05) is 0 Å². The number of thiazole rings is 1. The van der Waals surface area contributed by atoms with Gasteiger partial charge >= 0.3 is 11.7 Å². The first kappa shape index (κ1) is 13.9. The van der Waals surface area contributed by atoms with Crippen LogP contribution in [0.15, 0.2) is 23.6 Å². The average molecular weight is 294 g/mol. The normalized spacial score (nSPS) is 10.2. The van der Waals surface area contributed by atoms with Crippen molar-refractivity contribution < 1.29 is 19.6 Å². The van der Waals surface area contributed by atoms with E-state index in [2.05, 4.69) is 4.98 Å². The van der Waals surface area contributed by atoms with Crippen LogP contribution in [-0.4, -0.2) is 21.0 Å². The van der Waals surface area contributed by atoms with Crippen LogP contribution in [0.3, 0.4) is 0 Å². The van der Waals surface area contributed by atoms with E-state index in [4.69, 9.17) is 9.84 Å². The second-order valence-electron chi connectivity index (χ2n) is 3.89. The molecule has 0 aliphatic carbocycles. The Morgan fingerprint density at radius 2 is 2.30 bits per heavy atom. The summed E-state index contributed by atoms with van der Waals surface area (Å²) in [5.41, 5.74) is 0.134. The molecular formula is C12H10N2O5S. The molecule has 0 saturated carbocycles. The van der Waals surface area contributed by atoms with Gasteiger partial charge in [-0.3, -0.25) is 10.1 Å². The molecule has 0 aliphatic heterocycles. The zero-order valence-corrected chi connectivity index (χ0v) is 11.2. The number of carboxylic acid groups (broad SMARTS) is 1. The Morgan fingerprint density at radius 1 is 1.55 bits per heavy atom. The molecule has 0 bridgehead atoms. The molecular weight excluding hydrogens is 284 g/mol. The first-order valence-electron chi connectivity index (χ1n) is 5.53. The summed E-state index contributed by atoms with van der Waals surface area (Å²) in [6.07, 6.45) is 0. The Hall–Kier alpha value is -2.48. The van der Waals surface area contributed by atoms with Gasteiger partial charge < -0.3 is 9.84 Å². The summed E-state index contributed by atoms with van der Waals surface area (Å²) in [7, 11) is 0. The number of aromatic nitrogens is 1. The maximum Gasteiger partial charge on any atom is 0.335 e. The molecule has 2 aromatic rings. The largest absolute Gasteiger partial charge is 0.480 e. The molecule has 20 heavy (non-hydrogen) atoms. The third-order valence-electron chi connectivity index (χ3n) is 2.44. The van der Waals surface area contributed by atoms with Crippen LogP contribution < -0.4 is 4.74 Å².